The highest BCUT2D eigenvalue weighted by Crippen LogP contribution is 2.25. The summed E-state index contributed by atoms with van der Waals surface area (Å²) >= 11 is 0. The van der Waals surface area contributed by atoms with Crippen LogP contribution in [0.15, 0.2) is 54.6 Å². The highest BCUT2D eigenvalue weighted by Gasteiger charge is 2.47. The Labute approximate surface area is 182 Å². The Morgan fingerprint density at radius 3 is 2.61 bits per heavy atom. The number of carbonyl (C=O) groups excluding carboxylic acids is 3. The Bertz CT molecular complexity index is 962. The number of imide groups is 1. The van der Waals surface area contributed by atoms with Gasteiger partial charge in [0.05, 0.1) is 6.04 Å². The van der Waals surface area contributed by atoms with E-state index in [1.807, 2.05) is 61.5 Å². The second-order valence-electron chi connectivity index (χ2n) is 8.14. The number of para-hydroxylation sites is 1. The van der Waals surface area contributed by atoms with E-state index in [0.717, 1.165) is 29.8 Å². The number of piperidine rings is 1. The predicted octanol–water partition coefficient (Wildman–Crippen LogP) is 2.56. The molecule has 2 N–H and O–H groups in total. The highest BCUT2D eigenvalue weighted by atomic mass is 16.2. The molecule has 0 saturated carbocycles. The maximum atomic E-state index is 13.3. The van der Waals surface area contributed by atoms with Gasteiger partial charge in [-0.05, 0) is 49.9 Å². The molecule has 2 aromatic carbocycles. The van der Waals surface area contributed by atoms with Crippen LogP contribution in [0.2, 0.25) is 0 Å². The number of fused-ring (bicyclic) bond motifs is 1. The number of benzene rings is 2. The average Bonchev–Trinajstić information content (AvgIpc) is 2.79. The largest absolute Gasteiger partial charge is 0.327 e. The lowest BCUT2D eigenvalue weighted by molar-refractivity contribution is -0.138. The van der Waals surface area contributed by atoms with Crippen molar-refractivity contribution in [3.05, 3.63) is 65.7 Å². The van der Waals surface area contributed by atoms with Gasteiger partial charge < -0.3 is 15.5 Å². The van der Waals surface area contributed by atoms with E-state index in [1.165, 1.54) is 4.90 Å². The minimum absolute atomic E-state index is 0.0782. The summed E-state index contributed by atoms with van der Waals surface area (Å²) in [7, 11) is 0. The first kappa shape index (κ1) is 21.1. The second-order valence-corrected chi connectivity index (χ2v) is 8.14. The summed E-state index contributed by atoms with van der Waals surface area (Å²) in [6.07, 6.45) is 2.15. The molecule has 0 aliphatic carbocycles. The lowest BCUT2D eigenvalue weighted by Crippen LogP contribution is -2.70. The normalized spacial score (nSPS) is 21.1. The van der Waals surface area contributed by atoms with Crippen molar-refractivity contribution in [2.24, 2.45) is 0 Å². The van der Waals surface area contributed by atoms with Gasteiger partial charge in [-0.1, -0.05) is 48.5 Å². The molecule has 2 heterocycles. The highest BCUT2D eigenvalue weighted by molar-refractivity contribution is 6.03. The summed E-state index contributed by atoms with van der Waals surface area (Å²) in [6.45, 7) is 2.87. The molecule has 2 aliphatic heterocycles. The van der Waals surface area contributed by atoms with E-state index < -0.39 is 6.04 Å². The van der Waals surface area contributed by atoms with Gasteiger partial charge in [0.1, 0.15) is 12.6 Å². The smallest absolute Gasteiger partial charge is 0.324 e. The third-order valence-corrected chi connectivity index (χ3v) is 6.03. The van der Waals surface area contributed by atoms with Crippen molar-refractivity contribution in [3.63, 3.8) is 0 Å². The van der Waals surface area contributed by atoms with Crippen LogP contribution in [0.1, 0.15) is 24.0 Å². The van der Waals surface area contributed by atoms with Crippen LogP contribution in [-0.4, -0.2) is 59.4 Å². The molecule has 31 heavy (non-hydrogen) atoms. The van der Waals surface area contributed by atoms with Crippen LogP contribution in [0.5, 0.6) is 0 Å². The van der Waals surface area contributed by atoms with Gasteiger partial charge in [0, 0.05) is 12.2 Å². The number of aryl methyl sites for hydroxylation is 1. The van der Waals surface area contributed by atoms with Crippen molar-refractivity contribution < 1.29 is 14.4 Å². The Balaban J connectivity index is 1.50. The number of hydrogen-bond donors (Lipinski definition) is 2. The molecule has 162 valence electrons. The molecular formula is C24H28N4O3. The van der Waals surface area contributed by atoms with E-state index >= 15 is 0 Å². The summed E-state index contributed by atoms with van der Waals surface area (Å²) < 4.78 is 0. The summed E-state index contributed by atoms with van der Waals surface area (Å²) in [5, 5.41) is 6.17. The molecule has 0 aromatic heterocycles. The maximum absolute atomic E-state index is 13.3. The molecule has 4 rings (SSSR count). The number of carbonyl (C=O) groups is 3. The van der Waals surface area contributed by atoms with Crippen molar-refractivity contribution in [3.8, 4) is 0 Å². The first-order valence-corrected chi connectivity index (χ1v) is 10.8. The predicted molar refractivity (Wildman–Crippen MR) is 119 cm³/mol. The first-order chi connectivity index (χ1) is 15.0. The van der Waals surface area contributed by atoms with Crippen LogP contribution < -0.4 is 10.6 Å². The van der Waals surface area contributed by atoms with E-state index in [1.54, 1.807) is 4.90 Å². The van der Waals surface area contributed by atoms with Gasteiger partial charge in [-0.15, -0.1) is 0 Å². The van der Waals surface area contributed by atoms with Crippen molar-refractivity contribution in [1.82, 2.24) is 15.1 Å². The topological polar surface area (TPSA) is 81.8 Å². The van der Waals surface area contributed by atoms with Crippen molar-refractivity contribution >= 4 is 23.5 Å². The summed E-state index contributed by atoms with van der Waals surface area (Å²) in [6, 6.07) is 16.2. The zero-order valence-electron chi connectivity index (χ0n) is 17.7. The number of anilines is 1. The lowest BCUT2D eigenvalue weighted by atomic mass is 9.93. The van der Waals surface area contributed by atoms with Crippen molar-refractivity contribution in [1.29, 1.82) is 0 Å². The summed E-state index contributed by atoms with van der Waals surface area (Å²) in [4.78, 5) is 42.0. The number of amides is 4. The minimum Gasteiger partial charge on any atom is -0.324 e. The van der Waals surface area contributed by atoms with Crippen LogP contribution in [0.25, 0.3) is 0 Å². The first-order valence-electron chi connectivity index (χ1n) is 10.8. The Morgan fingerprint density at radius 1 is 1.10 bits per heavy atom. The maximum Gasteiger partial charge on any atom is 0.327 e. The van der Waals surface area contributed by atoms with Gasteiger partial charge in [0.15, 0.2) is 0 Å². The number of urea groups is 1. The summed E-state index contributed by atoms with van der Waals surface area (Å²) in [5.41, 5.74) is 2.75. The van der Waals surface area contributed by atoms with Gasteiger partial charge in [-0.2, -0.15) is 0 Å². The molecule has 7 nitrogen and oxygen atoms in total. The van der Waals surface area contributed by atoms with Crippen LogP contribution in [0.4, 0.5) is 10.5 Å². The van der Waals surface area contributed by atoms with Gasteiger partial charge >= 0.3 is 6.03 Å². The van der Waals surface area contributed by atoms with E-state index in [9.17, 15) is 14.4 Å². The average molecular weight is 421 g/mol. The molecule has 2 fully saturated rings. The fraction of sp³-hybridized carbons (Fsp3) is 0.375. The third-order valence-electron chi connectivity index (χ3n) is 6.03. The lowest BCUT2D eigenvalue weighted by Gasteiger charge is -2.46. The molecule has 2 aromatic rings. The molecule has 4 amide bonds. The molecule has 2 atom stereocenters. The molecule has 2 saturated heterocycles. The molecule has 0 radical (unpaired) electrons. The van der Waals surface area contributed by atoms with E-state index in [-0.39, 0.29) is 30.4 Å². The number of hydrogen-bond acceptors (Lipinski definition) is 4. The van der Waals surface area contributed by atoms with Gasteiger partial charge in [-0.3, -0.25) is 14.5 Å². The molecule has 0 bridgehead atoms. The van der Waals surface area contributed by atoms with Gasteiger partial charge in [-0.25, -0.2) is 4.79 Å². The van der Waals surface area contributed by atoms with Gasteiger partial charge in [0.25, 0.3) is 0 Å². The van der Waals surface area contributed by atoms with Gasteiger partial charge in [0.2, 0.25) is 11.8 Å². The fourth-order valence-electron chi connectivity index (χ4n) is 4.35. The quantitative estimate of drug-likeness (QED) is 0.753. The number of nitrogens with zero attached hydrogens (tertiary/aromatic N) is 2. The standard InChI is InChI=1S/C24H28N4O3/c1-17-8-5-6-11-19(17)26-21(29)16-28-20-12-7-14-25-22(20)23(30)27(24(28)31)15-13-18-9-3-2-4-10-18/h2-6,8-11,20,22,25H,7,12-16H2,1H3,(H,26,29). The molecular weight excluding hydrogens is 392 g/mol. The third kappa shape index (κ3) is 4.61. The van der Waals surface area contributed by atoms with E-state index in [4.69, 9.17) is 0 Å². The van der Waals surface area contributed by atoms with Crippen LogP contribution >= 0.6 is 0 Å². The monoisotopic (exact) mass is 420 g/mol. The van der Waals surface area contributed by atoms with Crippen LogP contribution in [-0.2, 0) is 16.0 Å². The molecule has 2 unspecified atom stereocenters. The fourth-order valence-corrected chi connectivity index (χ4v) is 4.35. The van der Waals surface area contributed by atoms with Crippen LogP contribution in [0, 0.1) is 6.92 Å². The Kier molecular flexibility index (Phi) is 6.32. The Morgan fingerprint density at radius 2 is 1.84 bits per heavy atom. The van der Waals surface area contributed by atoms with E-state index in [0.29, 0.717) is 19.4 Å². The van der Waals surface area contributed by atoms with Crippen molar-refractivity contribution in [2.45, 2.75) is 38.3 Å². The zero-order valence-corrected chi connectivity index (χ0v) is 17.7. The molecule has 0 spiro atoms. The molecule has 2 aliphatic rings. The SMILES string of the molecule is Cc1ccccc1NC(=O)CN1C(=O)N(CCc2ccccc2)C(=O)C2NCCCC21. The Hall–Kier alpha value is -3.19. The molecule has 7 heteroatoms. The number of nitrogens with one attached hydrogen (secondary N) is 2. The van der Waals surface area contributed by atoms with E-state index in [2.05, 4.69) is 10.6 Å². The minimum atomic E-state index is -0.464. The van der Waals surface area contributed by atoms with Crippen LogP contribution in [0.3, 0.4) is 0 Å². The van der Waals surface area contributed by atoms with Crippen molar-refractivity contribution in [2.75, 3.05) is 25.0 Å². The second kappa shape index (κ2) is 9.31. The zero-order chi connectivity index (χ0) is 21.8. The summed E-state index contributed by atoms with van der Waals surface area (Å²) in [5.74, 6) is -0.453. The number of rotatable bonds is 6.